The number of anilines is 2. The molecule has 3 aromatic rings. The minimum absolute atomic E-state index is 0.00508. The lowest BCUT2D eigenvalue weighted by atomic mass is 10.1. The van der Waals surface area contributed by atoms with Crippen molar-refractivity contribution in [2.24, 2.45) is 0 Å². The maximum absolute atomic E-state index is 14.0. The van der Waals surface area contributed by atoms with E-state index in [0.717, 1.165) is 25.6 Å². The summed E-state index contributed by atoms with van der Waals surface area (Å²) in [7, 11) is -2.73. The van der Waals surface area contributed by atoms with E-state index in [1.165, 1.54) is 7.11 Å². The molecule has 0 aliphatic carbocycles. The second-order valence-corrected chi connectivity index (χ2v) is 11.4. The number of carbonyl (C=O) groups is 1. The number of ether oxygens (including phenoxy) is 2. The van der Waals surface area contributed by atoms with Crippen molar-refractivity contribution in [1.29, 1.82) is 0 Å². The molecule has 1 aliphatic rings. The highest BCUT2D eigenvalue weighted by Gasteiger charge is 2.36. The van der Waals surface area contributed by atoms with Crippen LogP contribution in [0.4, 0.5) is 11.4 Å². The van der Waals surface area contributed by atoms with Crippen LogP contribution in [0.1, 0.15) is 25.0 Å². The van der Waals surface area contributed by atoms with Crippen molar-refractivity contribution >= 4 is 43.2 Å². The number of fused-ring (bicyclic) bond motifs is 1. The third-order valence-corrected chi connectivity index (χ3v) is 8.42. The summed E-state index contributed by atoms with van der Waals surface area (Å²) in [5.41, 5.74) is 2.96. The van der Waals surface area contributed by atoms with Crippen molar-refractivity contribution in [3.05, 3.63) is 76.3 Å². The summed E-state index contributed by atoms with van der Waals surface area (Å²) in [6.07, 6.45) is 0.696. The highest BCUT2D eigenvalue weighted by atomic mass is 79.9. The van der Waals surface area contributed by atoms with Gasteiger partial charge in [-0.15, -0.1) is 0 Å². The van der Waals surface area contributed by atoms with Crippen molar-refractivity contribution in [1.82, 2.24) is 0 Å². The molecule has 1 unspecified atom stereocenters. The molecule has 0 radical (unpaired) electrons. The van der Waals surface area contributed by atoms with Crippen LogP contribution in [0.2, 0.25) is 0 Å². The number of hydrogen-bond donors (Lipinski definition) is 0. The van der Waals surface area contributed by atoms with E-state index in [-0.39, 0.29) is 29.1 Å². The Morgan fingerprint density at radius 2 is 1.83 bits per heavy atom. The molecule has 1 amide bonds. The number of halogens is 1. The van der Waals surface area contributed by atoms with Crippen molar-refractivity contribution in [2.45, 2.75) is 38.1 Å². The highest BCUT2D eigenvalue weighted by molar-refractivity contribution is 9.10. The van der Waals surface area contributed by atoms with E-state index < -0.39 is 10.0 Å². The van der Waals surface area contributed by atoms with Gasteiger partial charge in [0, 0.05) is 16.2 Å². The standard InChI is InChI=1S/C27H29BrN2O5S/c1-5-35-23-10-8-22(9-11-23)29(36(32,33)26-14-18(2)6-13-25(26)34-4)17-27(31)30-19(3)15-20-16-21(28)7-12-24(20)30/h6-14,16,19H,5,15,17H2,1-4H3. The number of amides is 1. The molecule has 0 saturated heterocycles. The molecular formula is C27H29BrN2O5S. The Hall–Kier alpha value is -3.04. The molecule has 1 heterocycles. The summed E-state index contributed by atoms with van der Waals surface area (Å²) in [5, 5.41) is 0. The molecule has 0 spiro atoms. The first kappa shape index (κ1) is 26.0. The van der Waals surface area contributed by atoms with Crippen LogP contribution in [-0.2, 0) is 21.2 Å². The van der Waals surface area contributed by atoms with Crippen LogP contribution < -0.4 is 18.7 Å². The average molecular weight is 574 g/mol. The normalized spacial score (nSPS) is 14.9. The van der Waals surface area contributed by atoms with Crippen LogP contribution in [-0.4, -0.2) is 40.6 Å². The van der Waals surface area contributed by atoms with Gasteiger partial charge in [0.05, 0.1) is 19.4 Å². The smallest absolute Gasteiger partial charge is 0.268 e. The molecule has 36 heavy (non-hydrogen) atoms. The number of hydrogen-bond acceptors (Lipinski definition) is 5. The fraction of sp³-hybridized carbons (Fsp3) is 0.296. The zero-order valence-electron chi connectivity index (χ0n) is 20.7. The number of nitrogens with zero attached hydrogens (tertiary/aromatic N) is 2. The Labute approximate surface area is 220 Å². The van der Waals surface area contributed by atoms with Gasteiger partial charge in [-0.05, 0) is 92.9 Å². The van der Waals surface area contributed by atoms with E-state index >= 15 is 0 Å². The zero-order chi connectivity index (χ0) is 26.0. The SMILES string of the molecule is CCOc1ccc(N(CC(=O)N2c3ccc(Br)cc3CC2C)S(=O)(=O)c2cc(C)ccc2OC)cc1. The first-order valence-corrected chi connectivity index (χ1v) is 13.9. The van der Waals surface area contributed by atoms with E-state index in [1.54, 1.807) is 47.4 Å². The predicted molar refractivity (Wildman–Crippen MR) is 145 cm³/mol. The predicted octanol–water partition coefficient (Wildman–Crippen LogP) is 5.34. The van der Waals surface area contributed by atoms with Crippen molar-refractivity contribution in [3.63, 3.8) is 0 Å². The van der Waals surface area contributed by atoms with E-state index in [1.807, 2.05) is 39.0 Å². The summed E-state index contributed by atoms with van der Waals surface area (Å²) >= 11 is 3.49. The second-order valence-electron chi connectivity index (χ2n) is 8.68. The van der Waals surface area contributed by atoms with Crippen LogP contribution in [0.3, 0.4) is 0 Å². The van der Waals surface area contributed by atoms with Crippen molar-refractivity contribution < 1.29 is 22.7 Å². The molecule has 0 N–H and O–H groups in total. The van der Waals surface area contributed by atoms with Crippen LogP contribution in [0.5, 0.6) is 11.5 Å². The van der Waals surface area contributed by atoms with Gasteiger partial charge in [0.1, 0.15) is 22.9 Å². The van der Waals surface area contributed by atoms with Crippen LogP contribution in [0.25, 0.3) is 0 Å². The van der Waals surface area contributed by atoms with Crippen molar-refractivity contribution in [2.75, 3.05) is 29.5 Å². The summed E-state index contributed by atoms with van der Waals surface area (Å²) in [6.45, 7) is 5.77. The van der Waals surface area contributed by atoms with E-state index in [0.29, 0.717) is 24.5 Å². The Morgan fingerprint density at radius 3 is 2.50 bits per heavy atom. The lowest BCUT2D eigenvalue weighted by Crippen LogP contribution is -2.45. The minimum Gasteiger partial charge on any atom is -0.495 e. The lowest BCUT2D eigenvalue weighted by molar-refractivity contribution is -0.117. The topological polar surface area (TPSA) is 76.2 Å². The maximum Gasteiger partial charge on any atom is 0.268 e. The zero-order valence-corrected chi connectivity index (χ0v) is 23.1. The van der Waals surface area contributed by atoms with Gasteiger partial charge in [0.15, 0.2) is 0 Å². The molecule has 1 atom stereocenters. The third-order valence-electron chi connectivity index (χ3n) is 6.13. The van der Waals surface area contributed by atoms with E-state index in [4.69, 9.17) is 9.47 Å². The molecule has 0 bridgehead atoms. The fourth-order valence-corrected chi connectivity index (χ4v) is 6.54. The summed E-state index contributed by atoms with van der Waals surface area (Å²) < 4.78 is 41.1. The van der Waals surface area contributed by atoms with E-state index in [9.17, 15) is 13.2 Å². The molecule has 1 aliphatic heterocycles. The summed E-state index contributed by atoms with van der Waals surface area (Å²) in [5.74, 6) is 0.520. The third kappa shape index (κ3) is 5.08. The fourth-order valence-electron chi connectivity index (χ4n) is 4.47. The number of rotatable bonds is 8. The quantitative estimate of drug-likeness (QED) is 0.364. The molecule has 0 aromatic heterocycles. The Balaban J connectivity index is 1.77. The highest BCUT2D eigenvalue weighted by Crippen LogP contribution is 2.36. The van der Waals surface area contributed by atoms with Gasteiger partial charge >= 0.3 is 0 Å². The first-order valence-electron chi connectivity index (χ1n) is 11.7. The molecule has 0 saturated carbocycles. The molecule has 0 fully saturated rings. The monoisotopic (exact) mass is 572 g/mol. The van der Waals surface area contributed by atoms with Crippen LogP contribution in [0.15, 0.2) is 70.0 Å². The number of aryl methyl sites for hydroxylation is 1. The van der Waals surface area contributed by atoms with Crippen LogP contribution in [0, 0.1) is 6.92 Å². The van der Waals surface area contributed by atoms with Crippen molar-refractivity contribution in [3.8, 4) is 11.5 Å². The van der Waals surface area contributed by atoms with Gasteiger partial charge < -0.3 is 14.4 Å². The number of sulfonamides is 1. The number of benzene rings is 3. The molecule has 3 aromatic carbocycles. The molecular weight excluding hydrogens is 544 g/mol. The Bertz CT molecular complexity index is 1380. The van der Waals surface area contributed by atoms with Crippen LogP contribution >= 0.6 is 15.9 Å². The van der Waals surface area contributed by atoms with Gasteiger partial charge in [-0.1, -0.05) is 22.0 Å². The van der Waals surface area contributed by atoms with Gasteiger partial charge in [0.25, 0.3) is 10.0 Å². The molecule has 9 heteroatoms. The Kier molecular flexibility index (Phi) is 7.61. The number of carbonyl (C=O) groups excluding carboxylic acids is 1. The van der Waals surface area contributed by atoms with Gasteiger partial charge in [-0.3, -0.25) is 9.10 Å². The molecule has 4 rings (SSSR count). The molecule has 190 valence electrons. The second kappa shape index (κ2) is 10.5. The van der Waals surface area contributed by atoms with E-state index in [2.05, 4.69) is 15.9 Å². The largest absolute Gasteiger partial charge is 0.495 e. The first-order chi connectivity index (χ1) is 17.1. The van der Waals surface area contributed by atoms with Gasteiger partial charge in [-0.2, -0.15) is 0 Å². The summed E-state index contributed by atoms with van der Waals surface area (Å²) in [6, 6.07) is 17.3. The number of methoxy groups -OCH3 is 1. The van der Waals surface area contributed by atoms with Gasteiger partial charge in [-0.25, -0.2) is 8.42 Å². The average Bonchev–Trinajstić information content (AvgIpc) is 3.17. The minimum atomic E-state index is -4.16. The summed E-state index contributed by atoms with van der Waals surface area (Å²) in [4.78, 5) is 15.4. The maximum atomic E-state index is 14.0. The molecule has 7 nitrogen and oxygen atoms in total. The van der Waals surface area contributed by atoms with Gasteiger partial charge in [0.2, 0.25) is 5.91 Å². The Morgan fingerprint density at radius 1 is 1.11 bits per heavy atom. The lowest BCUT2D eigenvalue weighted by Gasteiger charge is -2.29.